The van der Waals surface area contributed by atoms with Gasteiger partial charge in [0.15, 0.2) is 5.69 Å². The number of halogens is 1. The minimum atomic E-state index is -1.31. The maximum absolute atomic E-state index is 15.2. The first-order valence-corrected chi connectivity index (χ1v) is 12.8. The quantitative estimate of drug-likeness (QED) is 0.357. The highest BCUT2D eigenvalue weighted by atomic mass is 32.1. The van der Waals surface area contributed by atoms with Crippen LogP contribution in [0.15, 0.2) is 48.5 Å². The molecule has 5 N–H and O–H groups in total. The highest BCUT2D eigenvalue weighted by molar-refractivity contribution is 7.09. The summed E-state index contributed by atoms with van der Waals surface area (Å²) in [5.41, 5.74) is 11.1. The van der Waals surface area contributed by atoms with E-state index in [4.69, 9.17) is 20.9 Å². The Labute approximate surface area is 222 Å². The molecule has 0 unspecified atom stereocenters. The van der Waals surface area contributed by atoms with Crippen LogP contribution < -0.4 is 26.4 Å². The molecule has 38 heavy (non-hydrogen) atoms. The molecule has 0 aliphatic carbocycles. The number of rotatable bonds is 10. The third kappa shape index (κ3) is 5.76. The van der Waals surface area contributed by atoms with E-state index in [-0.39, 0.29) is 34.6 Å². The first-order chi connectivity index (χ1) is 18.3. The van der Waals surface area contributed by atoms with Gasteiger partial charge < -0.3 is 26.3 Å². The van der Waals surface area contributed by atoms with Gasteiger partial charge in [0.05, 0.1) is 24.1 Å². The van der Waals surface area contributed by atoms with Crippen molar-refractivity contribution >= 4 is 40.6 Å². The monoisotopic (exact) mass is 541 g/mol. The molecule has 2 atom stereocenters. The number of nitrogens with zero attached hydrogens (tertiary/aromatic N) is 2. The number of nitrogen functional groups attached to an aromatic ring is 1. The molecule has 2 heterocycles. The van der Waals surface area contributed by atoms with Crippen LogP contribution in [0.2, 0.25) is 0 Å². The summed E-state index contributed by atoms with van der Waals surface area (Å²) in [5, 5.41) is 2.85. The molecule has 2 aromatic carbocycles. The average Bonchev–Trinajstić information content (AvgIpc) is 3.57. The van der Waals surface area contributed by atoms with E-state index >= 15 is 4.39 Å². The van der Waals surface area contributed by atoms with Crippen LogP contribution in [0.3, 0.4) is 0 Å². The second-order valence-electron chi connectivity index (χ2n) is 8.55. The average molecular weight is 542 g/mol. The molecule has 4 rings (SSSR count). The SMILES string of the molecule is CCOc1ccc([C@H](C(=O)NC[C@H]2CCCO2)N(C(=O)c2snc(C(N)=O)c2N)c2ccccc2F)cc1. The molecule has 0 saturated carbocycles. The summed E-state index contributed by atoms with van der Waals surface area (Å²) in [6, 6.07) is 10.9. The van der Waals surface area contributed by atoms with Gasteiger partial charge in [-0.05, 0) is 61.1 Å². The van der Waals surface area contributed by atoms with Gasteiger partial charge >= 0.3 is 0 Å². The number of anilines is 2. The van der Waals surface area contributed by atoms with Crippen LogP contribution in [0.4, 0.5) is 15.8 Å². The zero-order chi connectivity index (χ0) is 27.2. The summed E-state index contributed by atoms with van der Waals surface area (Å²) in [4.78, 5) is 40.3. The van der Waals surface area contributed by atoms with Crippen molar-refractivity contribution in [1.82, 2.24) is 9.69 Å². The van der Waals surface area contributed by atoms with Crippen molar-refractivity contribution < 1.29 is 28.2 Å². The Kier molecular flexibility index (Phi) is 8.54. The maximum atomic E-state index is 15.2. The standard InChI is InChI=1S/C26H28FN5O5S/c1-2-36-16-11-9-15(10-12-16)22(25(34)30-14-17-6-5-13-37-17)32(19-8-4-3-7-18(19)27)26(35)23-20(28)21(24(29)33)31-38-23/h3-4,7-12,17,22H,2,5-6,13-14,28H2,1H3,(H2,29,33)(H,30,34)/t17-,22-/m1/s1. The zero-order valence-corrected chi connectivity index (χ0v) is 21.5. The number of hydrogen-bond donors (Lipinski definition) is 3. The summed E-state index contributed by atoms with van der Waals surface area (Å²) >= 11 is 0.647. The number of amides is 3. The van der Waals surface area contributed by atoms with Crippen LogP contribution in [0.25, 0.3) is 0 Å². The van der Waals surface area contributed by atoms with Crippen LogP contribution in [0, 0.1) is 5.82 Å². The van der Waals surface area contributed by atoms with Crippen LogP contribution in [-0.4, -0.2) is 48.0 Å². The van der Waals surface area contributed by atoms with Crippen molar-refractivity contribution in [3.05, 3.63) is 70.5 Å². The van der Waals surface area contributed by atoms with E-state index in [0.29, 0.717) is 36.1 Å². The molecule has 1 saturated heterocycles. The van der Waals surface area contributed by atoms with Crippen LogP contribution in [0.5, 0.6) is 5.75 Å². The van der Waals surface area contributed by atoms with Crippen LogP contribution >= 0.6 is 11.5 Å². The van der Waals surface area contributed by atoms with Gasteiger partial charge in [-0.2, -0.15) is 4.37 Å². The largest absolute Gasteiger partial charge is 0.494 e. The number of carbonyl (C=O) groups is 3. The van der Waals surface area contributed by atoms with E-state index in [2.05, 4.69) is 9.69 Å². The number of benzene rings is 2. The molecule has 1 aliphatic rings. The van der Waals surface area contributed by atoms with Crippen LogP contribution in [0.1, 0.15) is 51.5 Å². The molecule has 10 nitrogen and oxygen atoms in total. The summed E-state index contributed by atoms with van der Waals surface area (Å²) in [7, 11) is 0. The Morgan fingerprint density at radius 2 is 1.97 bits per heavy atom. The van der Waals surface area contributed by atoms with Gasteiger partial charge in [-0.15, -0.1) is 0 Å². The molecule has 3 aromatic rings. The zero-order valence-electron chi connectivity index (χ0n) is 20.7. The number of primary amides is 1. The third-order valence-corrected chi connectivity index (χ3v) is 6.88. The summed E-state index contributed by atoms with van der Waals surface area (Å²) in [6.45, 7) is 3.11. The van der Waals surface area contributed by atoms with Gasteiger partial charge in [0.25, 0.3) is 11.8 Å². The second-order valence-corrected chi connectivity index (χ2v) is 9.32. The van der Waals surface area contributed by atoms with Gasteiger partial charge in [-0.1, -0.05) is 24.3 Å². The molecule has 0 bridgehead atoms. The van der Waals surface area contributed by atoms with Gasteiger partial charge in [0.2, 0.25) is 5.91 Å². The minimum absolute atomic E-state index is 0.148. The second kappa shape index (κ2) is 12.0. The molecule has 1 aromatic heterocycles. The van der Waals surface area contributed by atoms with Crippen molar-refractivity contribution in [2.75, 3.05) is 30.4 Å². The lowest BCUT2D eigenvalue weighted by atomic mass is 10.0. The lowest BCUT2D eigenvalue weighted by Crippen LogP contribution is -2.46. The Bertz CT molecular complexity index is 1310. The number of nitrogens with one attached hydrogen (secondary N) is 1. The molecule has 3 amide bonds. The van der Waals surface area contributed by atoms with E-state index in [1.54, 1.807) is 30.3 Å². The highest BCUT2D eigenvalue weighted by Gasteiger charge is 2.37. The van der Waals surface area contributed by atoms with Crippen molar-refractivity contribution in [1.29, 1.82) is 0 Å². The normalized spacial score (nSPS) is 15.6. The first kappa shape index (κ1) is 27.0. The summed E-state index contributed by atoms with van der Waals surface area (Å²) < 4.78 is 30.2. The number of ether oxygens (including phenoxy) is 2. The molecule has 1 fully saturated rings. The van der Waals surface area contributed by atoms with E-state index in [1.165, 1.54) is 18.2 Å². The molecule has 1 aliphatic heterocycles. The Balaban J connectivity index is 1.81. The smallest absolute Gasteiger partial charge is 0.273 e. The topological polar surface area (TPSA) is 150 Å². The van der Waals surface area contributed by atoms with Crippen molar-refractivity contribution in [3.63, 3.8) is 0 Å². The number of para-hydroxylation sites is 1. The van der Waals surface area contributed by atoms with E-state index in [9.17, 15) is 14.4 Å². The highest BCUT2D eigenvalue weighted by Crippen LogP contribution is 2.35. The van der Waals surface area contributed by atoms with Gasteiger partial charge in [-0.25, -0.2) is 4.39 Å². The number of nitrogens with two attached hydrogens (primary N) is 2. The van der Waals surface area contributed by atoms with E-state index in [0.717, 1.165) is 17.7 Å². The molecule has 12 heteroatoms. The van der Waals surface area contributed by atoms with Gasteiger partial charge in [0, 0.05) is 13.2 Å². The Morgan fingerprint density at radius 3 is 2.58 bits per heavy atom. The lowest BCUT2D eigenvalue weighted by molar-refractivity contribution is -0.123. The fraction of sp³-hybridized carbons (Fsp3) is 0.308. The summed E-state index contributed by atoms with van der Waals surface area (Å²) in [6.07, 6.45) is 1.51. The van der Waals surface area contributed by atoms with Crippen molar-refractivity contribution in [2.45, 2.75) is 31.9 Å². The fourth-order valence-electron chi connectivity index (χ4n) is 4.20. The van der Waals surface area contributed by atoms with Crippen molar-refractivity contribution in [2.24, 2.45) is 5.73 Å². The maximum Gasteiger partial charge on any atom is 0.273 e. The first-order valence-electron chi connectivity index (χ1n) is 12.1. The van der Waals surface area contributed by atoms with Crippen LogP contribution in [-0.2, 0) is 9.53 Å². The predicted molar refractivity (Wildman–Crippen MR) is 141 cm³/mol. The molecule has 200 valence electrons. The number of aromatic nitrogens is 1. The number of carbonyl (C=O) groups excluding carboxylic acids is 3. The van der Waals surface area contributed by atoms with E-state index in [1.807, 2.05) is 6.92 Å². The Morgan fingerprint density at radius 1 is 1.24 bits per heavy atom. The summed E-state index contributed by atoms with van der Waals surface area (Å²) in [5.74, 6) is -2.45. The van der Waals surface area contributed by atoms with Crippen molar-refractivity contribution in [3.8, 4) is 5.75 Å². The number of hydrogen-bond acceptors (Lipinski definition) is 8. The predicted octanol–water partition coefficient (Wildman–Crippen LogP) is 3.05. The minimum Gasteiger partial charge on any atom is -0.494 e. The van der Waals surface area contributed by atoms with Gasteiger partial charge in [0.1, 0.15) is 22.5 Å². The molecular formula is C26H28FN5O5S. The molecule has 0 radical (unpaired) electrons. The molecule has 0 spiro atoms. The third-order valence-electron chi connectivity index (χ3n) is 6.03. The fourth-order valence-corrected chi connectivity index (χ4v) is 4.94. The van der Waals surface area contributed by atoms with E-state index < -0.39 is 29.6 Å². The molecular weight excluding hydrogens is 513 g/mol. The Hall–Kier alpha value is -4.03. The van der Waals surface area contributed by atoms with Gasteiger partial charge in [-0.3, -0.25) is 19.3 Å². The lowest BCUT2D eigenvalue weighted by Gasteiger charge is -2.31.